The molecular weight excluding hydrogens is 640 g/mol. The minimum Gasteiger partial charge on any atom is -0.459 e. The van der Waals surface area contributed by atoms with Gasteiger partial charge in [-0.1, -0.05) is 36.4 Å². The molecule has 2 aliphatic heterocycles. The molecule has 0 radical (unpaired) electrons. The first-order valence-electron chi connectivity index (χ1n) is 13.9. The van der Waals surface area contributed by atoms with Crippen molar-refractivity contribution < 1.29 is 46.0 Å². The lowest BCUT2D eigenvalue weighted by molar-refractivity contribution is -0.158. The first-order chi connectivity index (χ1) is 22.2. The summed E-state index contributed by atoms with van der Waals surface area (Å²) in [6.45, 7) is 1.65. The van der Waals surface area contributed by atoms with E-state index in [9.17, 15) is 37.2 Å². The highest BCUT2D eigenvalue weighted by Gasteiger charge is 2.68. The molecule has 2 N–H and O–H groups in total. The Morgan fingerprint density at radius 1 is 0.979 bits per heavy atom. The zero-order valence-corrected chi connectivity index (χ0v) is 25.9. The van der Waals surface area contributed by atoms with Gasteiger partial charge in [0.15, 0.2) is 17.9 Å². The molecule has 0 aliphatic carbocycles. The van der Waals surface area contributed by atoms with Crippen LogP contribution in [0.25, 0.3) is 0 Å². The van der Waals surface area contributed by atoms with Crippen LogP contribution < -0.4 is 21.9 Å². The monoisotopic (exact) mass is 668 g/mol. The Balaban J connectivity index is 1.59. The van der Waals surface area contributed by atoms with Crippen LogP contribution in [0.4, 0.5) is 4.79 Å². The van der Waals surface area contributed by atoms with Gasteiger partial charge in [-0.15, -0.1) is 0 Å². The molecule has 1 saturated heterocycles. The molecule has 1 spiro atoms. The summed E-state index contributed by atoms with van der Waals surface area (Å²) in [5.74, 6) is -2.66. The summed E-state index contributed by atoms with van der Waals surface area (Å²) in [5.41, 5.74) is -4.33. The highest BCUT2D eigenvalue weighted by Crippen LogP contribution is 2.49. The van der Waals surface area contributed by atoms with Crippen LogP contribution in [0.5, 0.6) is 0 Å². The van der Waals surface area contributed by atoms with Gasteiger partial charge >= 0.3 is 23.7 Å². The van der Waals surface area contributed by atoms with E-state index in [1.54, 1.807) is 36.4 Å². The average Bonchev–Trinajstić information content (AvgIpc) is 3.48. The van der Waals surface area contributed by atoms with Crippen molar-refractivity contribution in [3.05, 3.63) is 115 Å². The number of hydrogen-bond acceptors (Lipinski definition) is 12. The van der Waals surface area contributed by atoms with Gasteiger partial charge in [0, 0.05) is 31.3 Å². The van der Waals surface area contributed by atoms with Crippen molar-refractivity contribution in [2.24, 2.45) is 7.05 Å². The largest absolute Gasteiger partial charge is 0.459 e. The Bertz CT molecular complexity index is 2010. The Labute approximate surface area is 266 Å². The third kappa shape index (κ3) is 6.49. The van der Waals surface area contributed by atoms with Crippen LogP contribution in [0, 0.1) is 6.92 Å². The molecular formula is C30H28N4O12S. The zero-order chi connectivity index (χ0) is 34.1. The van der Waals surface area contributed by atoms with Crippen molar-refractivity contribution >= 4 is 34.0 Å². The van der Waals surface area contributed by atoms with Crippen molar-refractivity contribution in [2.75, 3.05) is 6.61 Å². The van der Waals surface area contributed by atoms with Crippen LogP contribution >= 0.6 is 0 Å². The first-order valence-corrected chi connectivity index (χ1v) is 15.4. The summed E-state index contributed by atoms with van der Waals surface area (Å²) in [5, 5.41) is 4.85. The molecule has 3 amide bonds. The van der Waals surface area contributed by atoms with E-state index in [1.165, 1.54) is 38.2 Å². The summed E-state index contributed by atoms with van der Waals surface area (Å²) in [7, 11) is -3.50. The van der Waals surface area contributed by atoms with Crippen molar-refractivity contribution in [2.45, 2.75) is 37.9 Å². The van der Waals surface area contributed by atoms with E-state index in [4.69, 9.17) is 18.4 Å². The van der Waals surface area contributed by atoms with Crippen LogP contribution in [0.3, 0.4) is 0 Å². The molecule has 4 atom stereocenters. The van der Waals surface area contributed by atoms with Gasteiger partial charge in [-0.05, 0) is 31.2 Å². The van der Waals surface area contributed by atoms with Crippen molar-refractivity contribution in [1.29, 1.82) is 0 Å². The molecule has 0 unspecified atom stereocenters. The second kappa shape index (κ2) is 12.8. The minimum absolute atomic E-state index is 0.0675. The number of hydrogen-bond donors (Lipinski definition) is 2. The van der Waals surface area contributed by atoms with E-state index < -0.39 is 81.6 Å². The number of rotatable bonds is 7. The fourth-order valence-corrected chi connectivity index (χ4v) is 6.50. The number of nitrogens with zero attached hydrogens (tertiary/aromatic N) is 2. The second-order valence-electron chi connectivity index (χ2n) is 10.6. The number of nitrogens with one attached hydrogen (secondary N) is 2. The van der Waals surface area contributed by atoms with Crippen LogP contribution in [0.15, 0.2) is 87.6 Å². The molecule has 1 fully saturated rings. The molecule has 3 aromatic rings. The number of esters is 2. The highest BCUT2D eigenvalue weighted by molar-refractivity contribution is 7.90. The van der Waals surface area contributed by atoms with Crippen LogP contribution in [0.2, 0.25) is 0 Å². The maximum atomic E-state index is 13.3. The summed E-state index contributed by atoms with van der Waals surface area (Å²) < 4.78 is 50.4. The molecule has 0 bridgehead atoms. The number of ether oxygens (including phenoxy) is 3. The predicted molar refractivity (Wildman–Crippen MR) is 160 cm³/mol. The van der Waals surface area contributed by atoms with E-state index in [0.29, 0.717) is 5.41 Å². The fraction of sp³-hybridized carbons (Fsp3) is 0.267. The van der Waals surface area contributed by atoms with E-state index in [0.717, 1.165) is 22.3 Å². The first kappa shape index (κ1) is 33.0. The Morgan fingerprint density at radius 2 is 1.60 bits per heavy atom. The Kier molecular flexibility index (Phi) is 8.97. The lowest BCUT2D eigenvalue weighted by Crippen LogP contribution is -2.57. The molecule has 0 saturated carbocycles. The number of amides is 3. The van der Waals surface area contributed by atoms with E-state index in [2.05, 4.69) is 10.6 Å². The molecule has 1 aromatic heterocycles. The third-order valence-corrected chi connectivity index (χ3v) is 8.37. The van der Waals surface area contributed by atoms with Gasteiger partial charge in [-0.3, -0.25) is 28.8 Å². The number of imide groups is 1. The van der Waals surface area contributed by atoms with E-state index >= 15 is 0 Å². The SMILES string of the molecule is CC(=O)O[C@H]1[C@H](n2cc(C)c(=O)n(C)c2=O)O[C@H](COC(=O)c2ccccc2)[C@@]12OS(=O)(=O)C=C2NC(=O)NC(=O)c1ccccc1. The quantitative estimate of drug-likeness (QED) is 0.262. The van der Waals surface area contributed by atoms with Crippen LogP contribution in [-0.4, -0.2) is 65.8 Å². The summed E-state index contributed by atoms with van der Waals surface area (Å²) >= 11 is 0. The number of urea groups is 1. The zero-order valence-electron chi connectivity index (χ0n) is 25.1. The molecule has 246 valence electrons. The number of benzene rings is 2. The molecule has 16 nitrogen and oxygen atoms in total. The lowest BCUT2D eigenvalue weighted by atomic mass is 9.88. The lowest BCUT2D eigenvalue weighted by Gasteiger charge is -2.34. The molecule has 3 heterocycles. The minimum atomic E-state index is -4.69. The van der Waals surface area contributed by atoms with Gasteiger partial charge < -0.3 is 19.5 Å². The third-order valence-electron chi connectivity index (χ3n) is 7.34. The smallest absolute Gasteiger partial charge is 0.338 e. The molecule has 17 heteroatoms. The molecule has 2 aliphatic rings. The average molecular weight is 669 g/mol. The van der Waals surface area contributed by atoms with Crippen LogP contribution in [0.1, 0.15) is 39.4 Å². The summed E-state index contributed by atoms with van der Waals surface area (Å²) in [6.07, 6.45) is -4.11. The maximum absolute atomic E-state index is 13.3. The van der Waals surface area contributed by atoms with Crippen molar-refractivity contribution in [3.63, 3.8) is 0 Å². The number of carbonyl (C=O) groups is 4. The summed E-state index contributed by atoms with van der Waals surface area (Å²) in [6, 6.07) is 14.2. The van der Waals surface area contributed by atoms with Gasteiger partial charge in [-0.25, -0.2) is 18.6 Å². The van der Waals surface area contributed by atoms with Gasteiger partial charge in [0.2, 0.25) is 0 Å². The highest BCUT2D eigenvalue weighted by atomic mass is 32.2. The summed E-state index contributed by atoms with van der Waals surface area (Å²) in [4.78, 5) is 76.9. The second-order valence-corrected chi connectivity index (χ2v) is 11.9. The Hall–Kier alpha value is -5.39. The van der Waals surface area contributed by atoms with Crippen LogP contribution in [-0.2, 0) is 40.4 Å². The molecule has 2 aromatic carbocycles. The maximum Gasteiger partial charge on any atom is 0.338 e. The van der Waals surface area contributed by atoms with Gasteiger partial charge in [0.1, 0.15) is 12.7 Å². The van der Waals surface area contributed by atoms with Gasteiger partial charge in [-0.2, -0.15) is 8.42 Å². The van der Waals surface area contributed by atoms with Crippen molar-refractivity contribution in [3.8, 4) is 0 Å². The molecule has 5 rings (SSSR count). The predicted octanol–water partition coefficient (Wildman–Crippen LogP) is 0.621. The van der Waals surface area contributed by atoms with Crippen molar-refractivity contribution in [1.82, 2.24) is 19.8 Å². The molecule has 47 heavy (non-hydrogen) atoms. The Morgan fingerprint density at radius 3 is 2.21 bits per heavy atom. The van der Waals surface area contributed by atoms with E-state index in [-0.39, 0.29) is 16.7 Å². The van der Waals surface area contributed by atoms with Gasteiger partial charge in [0.25, 0.3) is 21.6 Å². The number of aromatic nitrogens is 2. The normalized spacial score (nSPS) is 22.7. The van der Waals surface area contributed by atoms with Gasteiger partial charge in [0.05, 0.1) is 16.7 Å². The number of carbonyl (C=O) groups excluding carboxylic acids is 4. The topological polar surface area (TPSA) is 207 Å². The fourth-order valence-electron chi connectivity index (χ4n) is 5.24. The van der Waals surface area contributed by atoms with E-state index in [1.807, 2.05) is 0 Å². The number of aryl methyl sites for hydroxylation is 1. The standard InChI is InChI=1S/C30H28N4O12S/c1-17-14-34(29(40)33(3)25(17)37)26-23(44-18(2)35)30(22(45-26)15-43-27(38)20-12-8-5-9-13-20)21(16-47(41,42)46-30)31-28(39)32-24(36)19-10-6-4-7-11-19/h4-14,16,22-23,26H,15H2,1-3H3,(H2,31,32,36,39)/t22-,23+,26-,30-/m1/s1.